The Hall–Kier alpha value is -1.64. The maximum Gasteiger partial charge on any atom is 0.350 e. The van der Waals surface area contributed by atoms with Gasteiger partial charge in [0.15, 0.2) is 16.4 Å². The lowest BCUT2D eigenvalue weighted by Gasteiger charge is -2.10. The van der Waals surface area contributed by atoms with Crippen LogP contribution in [-0.4, -0.2) is 44.4 Å². The zero-order chi connectivity index (χ0) is 17.3. The molecular weight excluding hydrogens is 374 g/mol. The molecular formula is C15H14ClNO5S2. The van der Waals surface area contributed by atoms with Crippen LogP contribution < -0.4 is 5.32 Å². The molecule has 0 spiro atoms. The van der Waals surface area contributed by atoms with E-state index in [9.17, 15) is 18.0 Å². The Labute approximate surface area is 147 Å². The standard InChI is InChI=1S/C15H14ClNO5S2/c16-13-10-3-1-2-4-11(10)23-14(13)15(19)22-7-12(18)17-9-5-6-24(20,21)8-9/h1-4,9H,5-8H2,(H,17,18)/t9-/m1/s1. The number of halogens is 1. The molecule has 0 bridgehead atoms. The SMILES string of the molecule is O=C(COC(=O)c1sc2ccccc2c1Cl)N[C@@H]1CCS(=O)(=O)C1. The van der Waals surface area contributed by atoms with Gasteiger partial charge in [-0.1, -0.05) is 29.8 Å². The highest BCUT2D eigenvalue weighted by atomic mass is 35.5. The third-order valence-corrected chi connectivity index (χ3v) is 7.08. The van der Waals surface area contributed by atoms with Gasteiger partial charge in [0, 0.05) is 16.1 Å². The zero-order valence-corrected chi connectivity index (χ0v) is 14.8. The lowest BCUT2D eigenvalue weighted by molar-refractivity contribution is -0.124. The molecule has 128 valence electrons. The number of carbonyl (C=O) groups is 2. The van der Waals surface area contributed by atoms with Gasteiger partial charge in [-0.3, -0.25) is 4.79 Å². The Morgan fingerprint density at radius 1 is 1.33 bits per heavy atom. The van der Waals surface area contributed by atoms with Gasteiger partial charge in [-0.05, 0) is 12.5 Å². The fourth-order valence-electron chi connectivity index (χ4n) is 2.52. The predicted molar refractivity (Wildman–Crippen MR) is 92.3 cm³/mol. The van der Waals surface area contributed by atoms with Gasteiger partial charge in [-0.25, -0.2) is 13.2 Å². The summed E-state index contributed by atoms with van der Waals surface area (Å²) in [6.45, 7) is -0.472. The van der Waals surface area contributed by atoms with Gasteiger partial charge in [-0.2, -0.15) is 0 Å². The van der Waals surface area contributed by atoms with Crippen molar-refractivity contribution in [2.75, 3.05) is 18.1 Å². The molecule has 0 aliphatic carbocycles. The largest absolute Gasteiger partial charge is 0.451 e. The van der Waals surface area contributed by atoms with Crippen molar-refractivity contribution in [1.82, 2.24) is 5.32 Å². The summed E-state index contributed by atoms with van der Waals surface area (Å²) in [5.74, 6) is -1.21. The highest BCUT2D eigenvalue weighted by molar-refractivity contribution is 7.91. The number of thiophene rings is 1. The number of nitrogens with one attached hydrogen (secondary N) is 1. The summed E-state index contributed by atoms with van der Waals surface area (Å²) in [7, 11) is -3.07. The summed E-state index contributed by atoms with van der Waals surface area (Å²) in [4.78, 5) is 24.1. The molecule has 9 heteroatoms. The normalized spacial score (nSPS) is 19.3. The Balaban J connectivity index is 1.58. The molecule has 1 aromatic heterocycles. The van der Waals surface area contributed by atoms with E-state index < -0.39 is 34.4 Å². The minimum absolute atomic E-state index is 0.0646. The highest BCUT2D eigenvalue weighted by Gasteiger charge is 2.29. The molecule has 2 heterocycles. The number of carbonyl (C=O) groups excluding carboxylic acids is 2. The van der Waals surface area contributed by atoms with Crippen LogP contribution in [0.25, 0.3) is 10.1 Å². The molecule has 24 heavy (non-hydrogen) atoms. The third-order valence-electron chi connectivity index (χ3n) is 3.65. The van der Waals surface area contributed by atoms with E-state index in [1.165, 1.54) is 11.3 Å². The van der Waals surface area contributed by atoms with E-state index in [0.29, 0.717) is 11.4 Å². The fraction of sp³-hybridized carbons (Fsp3) is 0.333. The molecule has 1 aliphatic rings. The summed E-state index contributed by atoms with van der Waals surface area (Å²) >= 11 is 7.38. The minimum Gasteiger partial charge on any atom is -0.451 e. The first-order valence-electron chi connectivity index (χ1n) is 7.20. The van der Waals surface area contributed by atoms with Crippen molar-refractivity contribution in [1.29, 1.82) is 0 Å². The molecule has 1 N–H and O–H groups in total. The quantitative estimate of drug-likeness (QED) is 0.810. The van der Waals surface area contributed by atoms with E-state index in [1.54, 1.807) is 6.07 Å². The molecule has 1 atom stereocenters. The Kier molecular flexibility index (Phi) is 4.80. The van der Waals surface area contributed by atoms with Crippen molar-refractivity contribution in [2.45, 2.75) is 12.5 Å². The first-order chi connectivity index (χ1) is 11.4. The number of esters is 1. The topological polar surface area (TPSA) is 89.5 Å². The van der Waals surface area contributed by atoms with Crippen LogP contribution in [-0.2, 0) is 19.4 Å². The summed E-state index contributed by atoms with van der Waals surface area (Å²) < 4.78 is 28.5. The Bertz CT molecular complexity index is 906. The van der Waals surface area contributed by atoms with Crippen LogP contribution in [0.4, 0.5) is 0 Å². The Morgan fingerprint density at radius 2 is 2.08 bits per heavy atom. The van der Waals surface area contributed by atoms with Gasteiger partial charge in [-0.15, -0.1) is 11.3 Å². The van der Waals surface area contributed by atoms with Gasteiger partial charge < -0.3 is 10.1 Å². The van der Waals surface area contributed by atoms with Gasteiger partial charge in [0.05, 0.1) is 16.5 Å². The van der Waals surface area contributed by atoms with Crippen molar-refractivity contribution in [2.24, 2.45) is 0 Å². The molecule has 1 aromatic carbocycles. The zero-order valence-electron chi connectivity index (χ0n) is 12.5. The average Bonchev–Trinajstić information content (AvgIpc) is 3.05. The van der Waals surface area contributed by atoms with E-state index in [-0.39, 0.29) is 16.4 Å². The maximum atomic E-state index is 12.1. The van der Waals surface area contributed by atoms with Crippen LogP contribution in [0.2, 0.25) is 5.02 Å². The molecule has 0 radical (unpaired) electrons. The number of fused-ring (bicyclic) bond motifs is 1. The van der Waals surface area contributed by atoms with E-state index in [2.05, 4.69) is 5.32 Å². The molecule has 3 rings (SSSR count). The molecule has 0 unspecified atom stereocenters. The Morgan fingerprint density at radius 3 is 2.75 bits per heavy atom. The molecule has 6 nitrogen and oxygen atoms in total. The summed E-state index contributed by atoms with van der Waals surface area (Å²) in [6, 6.07) is 6.88. The van der Waals surface area contributed by atoms with E-state index >= 15 is 0 Å². The number of rotatable bonds is 4. The van der Waals surface area contributed by atoms with Crippen LogP contribution in [0, 0.1) is 0 Å². The summed E-state index contributed by atoms with van der Waals surface area (Å²) in [6.07, 6.45) is 0.379. The van der Waals surface area contributed by atoms with Gasteiger partial charge >= 0.3 is 5.97 Å². The maximum absolute atomic E-state index is 12.1. The summed E-state index contributed by atoms with van der Waals surface area (Å²) in [5, 5.41) is 3.63. The molecule has 1 aliphatic heterocycles. The number of hydrogen-bond donors (Lipinski definition) is 1. The fourth-order valence-corrected chi connectivity index (χ4v) is 5.60. The second-order valence-electron chi connectivity index (χ2n) is 5.48. The lowest BCUT2D eigenvalue weighted by Crippen LogP contribution is -2.38. The first kappa shape index (κ1) is 17.2. The first-order valence-corrected chi connectivity index (χ1v) is 10.2. The van der Waals surface area contributed by atoms with Crippen molar-refractivity contribution in [3.05, 3.63) is 34.2 Å². The summed E-state index contributed by atoms with van der Waals surface area (Å²) in [5.41, 5.74) is 0. The van der Waals surface area contributed by atoms with Crippen LogP contribution >= 0.6 is 22.9 Å². The predicted octanol–water partition coefficient (Wildman–Crippen LogP) is 2.01. The highest BCUT2D eigenvalue weighted by Crippen LogP contribution is 2.35. The van der Waals surface area contributed by atoms with E-state index in [0.717, 1.165) is 10.1 Å². The number of hydrogen-bond acceptors (Lipinski definition) is 6. The van der Waals surface area contributed by atoms with Crippen LogP contribution in [0.1, 0.15) is 16.1 Å². The van der Waals surface area contributed by atoms with Crippen molar-refractivity contribution in [3.63, 3.8) is 0 Å². The molecule has 1 fully saturated rings. The van der Waals surface area contributed by atoms with Gasteiger partial charge in [0.2, 0.25) is 0 Å². The monoisotopic (exact) mass is 387 g/mol. The van der Waals surface area contributed by atoms with Crippen LogP contribution in [0.5, 0.6) is 0 Å². The molecule has 0 saturated carbocycles. The van der Waals surface area contributed by atoms with Gasteiger partial charge in [0.1, 0.15) is 4.88 Å². The third kappa shape index (κ3) is 3.71. The van der Waals surface area contributed by atoms with Crippen LogP contribution in [0.15, 0.2) is 24.3 Å². The minimum atomic E-state index is -3.07. The second-order valence-corrected chi connectivity index (χ2v) is 9.14. The lowest BCUT2D eigenvalue weighted by atomic mass is 10.2. The number of benzene rings is 1. The van der Waals surface area contributed by atoms with Gasteiger partial charge in [0.25, 0.3) is 5.91 Å². The number of sulfone groups is 1. The molecule has 1 saturated heterocycles. The van der Waals surface area contributed by atoms with Crippen molar-refractivity contribution < 1.29 is 22.7 Å². The van der Waals surface area contributed by atoms with E-state index in [1.807, 2.05) is 18.2 Å². The number of ether oxygens (including phenoxy) is 1. The second kappa shape index (κ2) is 6.70. The van der Waals surface area contributed by atoms with E-state index in [4.69, 9.17) is 16.3 Å². The van der Waals surface area contributed by atoms with Crippen molar-refractivity contribution >= 4 is 54.7 Å². The molecule has 2 aromatic rings. The molecule has 1 amide bonds. The number of amides is 1. The average molecular weight is 388 g/mol. The van der Waals surface area contributed by atoms with Crippen molar-refractivity contribution in [3.8, 4) is 0 Å². The van der Waals surface area contributed by atoms with Crippen LogP contribution in [0.3, 0.4) is 0 Å². The smallest absolute Gasteiger partial charge is 0.350 e.